The van der Waals surface area contributed by atoms with Crippen LogP contribution in [0.5, 0.6) is 0 Å². The summed E-state index contributed by atoms with van der Waals surface area (Å²) in [6.45, 7) is 1.28. The van der Waals surface area contributed by atoms with Gasteiger partial charge >= 0.3 is 0 Å². The molecule has 0 N–H and O–H groups in total. The van der Waals surface area contributed by atoms with Crippen LogP contribution in [0.3, 0.4) is 0 Å². The first-order valence-electron chi connectivity index (χ1n) is 8.38. The van der Waals surface area contributed by atoms with Gasteiger partial charge in [0.15, 0.2) is 0 Å². The molecule has 6 nitrogen and oxygen atoms in total. The normalized spacial score (nSPS) is 26.6. The summed E-state index contributed by atoms with van der Waals surface area (Å²) in [5.74, 6) is 0.239. The number of fused-ring (bicyclic) bond motifs is 1. The number of amides is 2. The van der Waals surface area contributed by atoms with E-state index in [4.69, 9.17) is 0 Å². The van der Waals surface area contributed by atoms with Crippen molar-refractivity contribution in [2.24, 2.45) is 13.0 Å². The number of aromatic nitrogens is 2. The van der Waals surface area contributed by atoms with Gasteiger partial charge in [-0.3, -0.25) is 14.3 Å². The molecule has 0 radical (unpaired) electrons. The minimum atomic E-state index is -2.79. The van der Waals surface area contributed by atoms with Crippen molar-refractivity contribution in [2.75, 3.05) is 13.1 Å². The predicted octanol–water partition coefficient (Wildman–Crippen LogP) is 1.58. The van der Waals surface area contributed by atoms with Gasteiger partial charge in [-0.25, -0.2) is 8.78 Å². The van der Waals surface area contributed by atoms with Crippen molar-refractivity contribution < 1.29 is 18.4 Å². The number of rotatable bonds is 4. The molecule has 3 fully saturated rings. The first kappa shape index (κ1) is 15.5. The number of carbonyl (C=O) groups is 2. The molecule has 0 unspecified atom stereocenters. The number of likely N-dealkylation sites (tertiary alicyclic amines) is 2. The summed E-state index contributed by atoms with van der Waals surface area (Å²) in [5, 5.41) is 3.71. The van der Waals surface area contributed by atoms with Gasteiger partial charge in [0, 0.05) is 32.8 Å². The zero-order valence-corrected chi connectivity index (χ0v) is 13.5. The molecule has 0 bridgehead atoms. The summed E-state index contributed by atoms with van der Waals surface area (Å²) in [5.41, 5.74) is -0.536. The van der Waals surface area contributed by atoms with Gasteiger partial charge in [0.1, 0.15) is 5.69 Å². The third-order valence-corrected chi connectivity index (χ3v) is 5.32. The Hall–Kier alpha value is -1.99. The Kier molecular flexibility index (Phi) is 3.58. The molecule has 3 heterocycles. The quantitative estimate of drug-likeness (QED) is 0.838. The molecule has 2 atom stereocenters. The Labute approximate surface area is 138 Å². The van der Waals surface area contributed by atoms with Gasteiger partial charge in [0.25, 0.3) is 12.3 Å². The first-order chi connectivity index (χ1) is 11.5. The molecule has 2 aliphatic heterocycles. The van der Waals surface area contributed by atoms with Gasteiger partial charge in [-0.05, 0) is 25.2 Å². The summed E-state index contributed by atoms with van der Waals surface area (Å²) in [4.78, 5) is 28.6. The van der Waals surface area contributed by atoms with Crippen molar-refractivity contribution in [3.8, 4) is 0 Å². The van der Waals surface area contributed by atoms with E-state index in [1.807, 2.05) is 4.90 Å². The summed E-state index contributed by atoms with van der Waals surface area (Å²) in [7, 11) is 1.52. The molecule has 0 spiro atoms. The monoisotopic (exact) mass is 338 g/mol. The lowest BCUT2D eigenvalue weighted by molar-refractivity contribution is -0.129. The van der Waals surface area contributed by atoms with Crippen LogP contribution in [-0.4, -0.2) is 56.6 Å². The van der Waals surface area contributed by atoms with E-state index in [-0.39, 0.29) is 23.6 Å². The maximum atomic E-state index is 13.1. The zero-order valence-electron chi connectivity index (χ0n) is 13.5. The minimum absolute atomic E-state index is 0.0359. The lowest BCUT2D eigenvalue weighted by Crippen LogP contribution is -2.40. The topological polar surface area (TPSA) is 58.4 Å². The molecule has 1 saturated carbocycles. The average Bonchev–Trinajstić information content (AvgIpc) is 2.99. The molecular formula is C16H20F2N4O2. The number of halogens is 2. The Morgan fingerprint density at radius 1 is 1.33 bits per heavy atom. The van der Waals surface area contributed by atoms with Crippen LogP contribution < -0.4 is 0 Å². The van der Waals surface area contributed by atoms with E-state index in [2.05, 4.69) is 5.10 Å². The highest BCUT2D eigenvalue weighted by atomic mass is 19.3. The lowest BCUT2D eigenvalue weighted by Gasteiger charge is -2.25. The Balaban J connectivity index is 1.55. The molecule has 24 heavy (non-hydrogen) atoms. The maximum Gasteiger partial charge on any atom is 0.282 e. The fourth-order valence-corrected chi connectivity index (χ4v) is 3.98. The first-order valence-corrected chi connectivity index (χ1v) is 8.38. The average molecular weight is 338 g/mol. The van der Waals surface area contributed by atoms with Crippen LogP contribution >= 0.6 is 0 Å². The summed E-state index contributed by atoms with van der Waals surface area (Å²) in [6.07, 6.45) is 1.90. The number of alkyl halides is 2. The van der Waals surface area contributed by atoms with Gasteiger partial charge in [-0.15, -0.1) is 0 Å². The van der Waals surface area contributed by atoms with Crippen LogP contribution in [0.1, 0.15) is 48.2 Å². The second kappa shape index (κ2) is 5.53. The second-order valence-corrected chi connectivity index (χ2v) is 7.02. The van der Waals surface area contributed by atoms with Gasteiger partial charge in [-0.1, -0.05) is 0 Å². The smallest absolute Gasteiger partial charge is 0.282 e. The SMILES string of the molecule is Cn1cc(C(=O)N2CC[C@@H]3[C@@H]2CC(=O)N3CC2CC2)c(C(F)F)n1. The van der Waals surface area contributed by atoms with Crippen molar-refractivity contribution in [1.82, 2.24) is 19.6 Å². The van der Waals surface area contributed by atoms with Crippen LogP contribution in [0, 0.1) is 5.92 Å². The standard InChI is InChI=1S/C16H20F2N4O2/c1-20-8-10(14(19-20)15(17)18)16(24)21-5-4-11-12(21)6-13(23)22(11)7-9-2-3-9/h8-9,11-12,15H,2-7H2,1H3/t11-,12+/m1/s1. The largest absolute Gasteiger partial charge is 0.337 e. The van der Waals surface area contributed by atoms with Gasteiger partial charge in [0.2, 0.25) is 5.91 Å². The van der Waals surface area contributed by atoms with Crippen molar-refractivity contribution in [2.45, 2.75) is 44.2 Å². The molecule has 2 amide bonds. The van der Waals surface area contributed by atoms with E-state index in [0.29, 0.717) is 18.9 Å². The number of hydrogen-bond acceptors (Lipinski definition) is 3. The fourth-order valence-electron chi connectivity index (χ4n) is 3.98. The number of carbonyl (C=O) groups excluding carboxylic acids is 2. The van der Waals surface area contributed by atoms with Crippen LogP contribution in [0.25, 0.3) is 0 Å². The third kappa shape index (κ3) is 2.48. The van der Waals surface area contributed by atoms with Crippen molar-refractivity contribution >= 4 is 11.8 Å². The van der Waals surface area contributed by atoms with Crippen molar-refractivity contribution in [1.29, 1.82) is 0 Å². The number of hydrogen-bond donors (Lipinski definition) is 0. The fraction of sp³-hybridized carbons (Fsp3) is 0.688. The van der Waals surface area contributed by atoms with E-state index in [1.54, 1.807) is 4.90 Å². The minimum Gasteiger partial charge on any atom is -0.337 e. The number of aryl methyl sites for hydroxylation is 1. The molecule has 4 rings (SSSR count). The summed E-state index contributed by atoms with van der Waals surface area (Å²) in [6, 6.07) is -0.164. The van der Waals surface area contributed by atoms with E-state index in [0.717, 1.165) is 25.8 Å². The Morgan fingerprint density at radius 3 is 2.75 bits per heavy atom. The Morgan fingerprint density at radius 2 is 2.08 bits per heavy atom. The third-order valence-electron chi connectivity index (χ3n) is 5.32. The van der Waals surface area contributed by atoms with Gasteiger partial charge in [-0.2, -0.15) is 5.10 Å². The van der Waals surface area contributed by atoms with E-state index >= 15 is 0 Å². The second-order valence-electron chi connectivity index (χ2n) is 7.02. The molecule has 1 aromatic heterocycles. The molecule has 2 saturated heterocycles. The van der Waals surface area contributed by atoms with Crippen LogP contribution in [-0.2, 0) is 11.8 Å². The predicted molar refractivity (Wildman–Crippen MR) is 80.4 cm³/mol. The van der Waals surface area contributed by atoms with Crippen molar-refractivity contribution in [3.63, 3.8) is 0 Å². The maximum absolute atomic E-state index is 13.1. The highest BCUT2D eigenvalue weighted by molar-refractivity contribution is 5.96. The molecular weight excluding hydrogens is 318 g/mol. The Bertz CT molecular complexity index is 686. The molecule has 130 valence electrons. The molecule has 0 aromatic carbocycles. The van der Waals surface area contributed by atoms with Crippen LogP contribution in [0.4, 0.5) is 8.78 Å². The zero-order chi connectivity index (χ0) is 17.0. The highest BCUT2D eigenvalue weighted by Gasteiger charge is 2.49. The van der Waals surface area contributed by atoms with Crippen LogP contribution in [0.2, 0.25) is 0 Å². The molecule has 3 aliphatic rings. The summed E-state index contributed by atoms with van der Waals surface area (Å²) >= 11 is 0. The highest BCUT2D eigenvalue weighted by Crippen LogP contribution is 2.38. The summed E-state index contributed by atoms with van der Waals surface area (Å²) < 4.78 is 27.5. The van der Waals surface area contributed by atoms with Crippen LogP contribution in [0.15, 0.2) is 6.20 Å². The van der Waals surface area contributed by atoms with Gasteiger partial charge in [0.05, 0.1) is 17.6 Å². The number of nitrogens with zero attached hydrogens (tertiary/aromatic N) is 4. The molecule has 1 aliphatic carbocycles. The lowest BCUT2D eigenvalue weighted by atomic mass is 10.1. The van der Waals surface area contributed by atoms with Gasteiger partial charge < -0.3 is 9.80 Å². The molecule has 8 heteroatoms. The van der Waals surface area contributed by atoms with E-state index in [1.165, 1.54) is 17.9 Å². The molecule has 1 aromatic rings. The van der Waals surface area contributed by atoms with E-state index < -0.39 is 18.0 Å². The van der Waals surface area contributed by atoms with Crippen molar-refractivity contribution in [3.05, 3.63) is 17.5 Å². The van der Waals surface area contributed by atoms with E-state index in [9.17, 15) is 18.4 Å².